The Labute approximate surface area is 118 Å². The third-order valence-electron chi connectivity index (χ3n) is 2.73. The van der Waals surface area contributed by atoms with Gasteiger partial charge in [0.15, 0.2) is 0 Å². The molecule has 0 bridgehead atoms. The van der Waals surface area contributed by atoms with E-state index < -0.39 is 0 Å². The molecule has 0 atom stereocenters. The molecule has 0 amide bonds. The first-order valence-electron chi connectivity index (χ1n) is 6.50. The van der Waals surface area contributed by atoms with Gasteiger partial charge in [0.2, 0.25) is 0 Å². The van der Waals surface area contributed by atoms with E-state index in [1.165, 1.54) is 0 Å². The van der Waals surface area contributed by atoms with Crippen molar-refractivity contribution >= 4 is 11.9 Å². The van der Waals surface area contributed by atoms with Crippen molar-refractivity contribution in [3.63, 3.8) is 0 Å². The first-order chi connectivity index (χ1) is 9.69. The number of hydrogen-bond acceptors (Lipinski definition) is 4. The van der Waals surface area contributed by atoms with Crippen LogP contribution in [0.2, 0.25) is 0 Å². The Morgan fingerprint density at radius 1 is 1.25 bits per heavy atom. The van der Waals surface area contributed by atoms with Crippen LogP contribution in [-0.4, -0.2) is 17.9 Å². The van der Waals surface area contributed by atoms with E-state index in [1.54, 1.807) is 24.4 Å². The molecule has 0 radical (unpaired) electrons. The van der Waals surface area contributed by atoms with Crippen LogP contribution in [0.4, 0.5) is 5.69 Å². The predicted octanol–water partition coefficient (Wildman–Crippen LogP) is 3.55. The quantitative estimate of drug-likeness (QED) is 0.645. The Kier molecular flexibility index (Phi) is 4.60. The second kappa shape index (κ2) is 6.61. The number of anilines is 1. The maximum absolute atomic E-state index is 9.86. The Morgan fingerprint density at radius 3 is 2.80 bits per heavy atom. The average molecular weight is 270 g/mol. The number of nitrogens with zero attached hydrogens (tertiary/aromatic N) is 1. The van der Waals surface area contributed by atoms with Gasteiger partial charge in [0.25, 0.3) is 0 Å². The summed E-state index contributed by atoms with van der Waals surface area (Å²) >= 11 is 0. The van der Waals surface area contributed by atoms with Gasteiger partial charge in [0, 0.05) is 11.6 Å². The molecule has 0 aliphatic rings. The lowest BCUT2D eigenvalue weighted by Gasteiger charge is -2.05. The Balaban J connectivity index is 2.04. The van der Waals surface area contributed by atoms with Gasteiger partial charge in [0.05, 0.1) is 18.5 Å². The van der Waals surface area contributed by atoms with E-state index in [2.05, 4.69) is 10.5 Å². The third kappa shape index (κ3) is 3.75. The Morgan fingerprint density at radius 2 is 2.10 bits per heavy atom. The van der Waals surface area contributed by atoms with Crippen molar-refractivity contribution in [2.24, 2.45) is 5.10 Å². The Hall–Kier alpha value is -2.49. The molecule has 2 aromatic rings. The highest BCUT2D eigenvalue weighted by Gasteiger charge is 2.00. The number of phenolic OH excluding ortho intramolecular Hbond substituents is 1. The maximum Gasteiger partial charge on any atom is 0.128 e. The fourth-order valence-electron chi connectivity index (χ4n) is 1.78. The van der Waals surface area contributed by atoms with Gasteiger partial charge in [0.1, 0.15) is 11.5 Å². The molecule has 0 unspecified atom stereocenters. The molecule has 2 aromatic carbocycles. The zero-order chi connectivity index (χ0) is 14.4. The molecule has 0 fully saturated rings. The largest absolute Gasteiger partial charge is 0.507 e. The van der Waals surface area contributed by atoms with Crippen molar-refractivity contribution in [3.05, 3.63) is 53.6 Å². The molecule has 0 aliphatic carbocycles. The van der Waals surface area contributed by atoms with Gasteiger partial charge in [-0.05, 0) is 43.7 Å². The average Bonchev–Trinajstić information content (AvgIpc) is 2.42. The minimum absolute atomic E-state index is 0.144. The van der Waals surface area contributed by atoms with Crippen LogP contribution in [0.1, 0.15) is 18.1 Å². The summed E-state index contributed by atoms with van der Waals surface area (Å²) in [5.41, 5.74) is 5.63. The smallest absolute Gasteiger partial charge is 0.128 e. The fourth-order valence-corrected chi connectivity index (χ4v) is 1.78. The zero-order valence-corrected chi connectivity index (χ0v) is 11.6. The molecule has 0 spiro atoms. The highest BCUT2D eigenvalue weighted by Crippen LogP contribution is 2.22. The number of hydrazone groups is 1. The van der Waals surface area contributed by atoms with E-state index >= 15 is 0 Å². The minimum Gasteiger partial charge on any atom is -0.507 e. The number of ether oxygens (including phenoxy) is 1. The van der Waals surface area contributed by atoms with Crippen molar-refractivity contribution in [1.82, 2.24) is 0 Å². The van der Waals surface area contributed by atoms with E-state index in [0.717, 1.165) is 11.3 Å². The van der Waals surface area contributed by atoms with Crippen LogP contribution in [0.3, 0.4) is 0 Å². The van der Waals surface area contributed by atoms with E-state index in [-0.39, 0.29) is 5.75 Å². The highest BCUT2D eigenvalue weighted by molar-refractivity contribution is 5.84. The lowest BCUT2D eigenvalue weighted by Crippen LogP contribution is -1.93. The van der Waals surface area contributed by atoms with Gasteiger partial charge in [-0.15, -0.1) is 0 Å². The highest BCUT2D eigenvalue weighted by atomic mass is 16.5. The second-order valence-electron chi connectivity index (χ2n) is 4.39. The van der Waals surface area contributed by atoms with Gasteiger partial charge in [-0.2, -0.15) is 5.10 Å². The second-order valence-corrected chi connectivity index (χ2v) is 4.39. The number of rotatable bonds is 5. The topological polar surface area (TPSA) is 53.8 Å². The summed E-state index contributed by atoms with van der Waals surface area (Å²) in [6.07, 6.45) is 1.58. The molecule has 0 heterocycles. The van der Waals surface area contributed by atoms with Crippen LogP contribution in [0.15, 0.2) is 47.6 Å². The molecule has 2 rings (SSSR count). The van der Waals surface area contributed by atoms with Crippen LogP contribution in [0.5, 0.6) is 11.5 Å². The van der Waals surface area contributed by atoms with Crippen molar-refractivity contribution in [2.75, 3.05) is 12.0 Å². The molecule has 0 saturated carbocycles. The number of aryl methyl sites for hydroxylation is 1. The molecule has 4 heteroatoms. The summed E-state index contributed by atoms with van der Waals surface area (Å²) in [4.78, 5) is 0. The number of nitrogens with one attached hydrogen (secondary N) is 1. The number of phenols is 1. The zero-order valence-electron chi connectivity index (χ0n) is 11.6. The van der Waals surface area contributed by atoms with Crippen LogP contribution in [-0.2, 0) is 0 Å². The van der Waals surface area contributed by atoms with Gasteiger partial charge < -0.3 is 9.84 Å². The predicted molar refractivity (Wildman–Crippen MR) is 81.7 cm³/mol. The van der Waals surface area contributed by atoms with Crippen LogP contribution in [0.25, 0.3) is 0 Å². The third-order valence-corrected chi connectivity index (χ3v) is 2.73. The summed E-state index contributed by atoms with van der Waals surface area (Å²) in [6.45, 7) is 4.49. The first kappa shape index (κ1) is 13.9. The molecular weight excluding hydrogens is 252 g/mol. The number of hydrogen-bond donors (Lipinski definition) is 2. The van der Waals surface area contributed by atoms with Gasteiger partial charge >= 0.3 is 0 Å². The van der Waals surface area contributed by atoms with Crippen LogP contribution >= 0.6 is 0 Å². The van der Waals surface area contributed by atoms with E-state index in [1.807, 2.05) is 38.1 Å². The summed E-state index contributed by atoms with van der Waals surface area (Å²) in [6, 6.07) is 13.1. The van der Waals surface area contributed by atoms with Crippen LogP contribution in [0, 0.1) is 6.92 Å². The van der Waals surface area contributed by atoms with Gasteiger partial charge in [-0.25, -0.2) is 0 Å². The van der Waals surface area contributed by atoms with E-state index in [9.17, 15) is 5.11 Å². The van der Waals surface area contributed by atoms with Crippen molar-refractivity contribution in [1.29, 1.82) is 0 Å². The minimum atomic E-state index is 0.144. The van der Waals surface area contributed by atoms with E-state index in [0.29, 0.717) is 17.9 Å². The SMILES string of the molecule is CCOc1ccc(/C=N/Nc2cccc(C)c2)c(O)c1. The van der Waals surface area contributed by atoms with Crippen molar-refractivity contribution in [2.45, 2.75) is 13.8 Å². The first-order valence-corrected chi connectivity index (χ1v) is 6.50. The lowest BCUT2D eigenvalue weighted by molar-refractivity contribution is 0.337. The van der Waals surface area contributed by atoms with Gasteiger partial charge in [-0.3, -0.25) is 5.43 Å². The summed E-state index contributed by atoms with van der Waals surface area (Å²) < 4.78 is 5.31. The fraction of sp³-hybridized carbons (Fsp3) is 0.188. The molecule has 0 aliphatic heterocycles. The molecule has 0 saturated heterocycles. The Bertz CT molecular complexity index is 609. The molecule has 104 valence electrons. The summed E-state index contributed by atoms with van der Waals surface area (Å²) in [7, 11) is 0. The lowest BCUT2D eigenvalue weighted by atomic mass is 10.2. The summed E-state index contributed by atoms with van der Waals surface area (Å²) in [5, 5.41) is 14.0. The van der Waals surface area contributed by atoms with Crippen molar-refractivity contribution in [3.8, 4) is 11.5 Å². The van der Waals surface area contributed by atoms with Crippen LogP contribution < -0.4 is 10.2 Å². The van der Waals surface area contributed by atoms with E-state index in [4.69, 9.17) is 4.74 Å². The molecule has 20 heavy (non-hydrogen) atoms. The monoisotopic (exact) mass is 270 g/mol. The maximum atomic E-state index is 9.86. The van der Waals surface area contributed by atoms with Crippen molar-refractivity contribution < 1.29 is 9.84 Å². The molecular formula is C16H18N2O2. The van der Waals surface area contributed by atoms with Gasteiger partial charge in [-0.1, -0.05) is 12.1 Å². The number of benzene rings is 2. The molecule has 0 aromatic heterocycles. The number of aromatic hydroxyl groups is 1. The normalized spacial score (nSPS) is 10.7. The molecule has 4 nitrogen and oxygen atoms in total. The standard InChI is InChI=1S/C16H18N2O2/c1-3-20-15-8-7-13(16(19)10-15)11-17-18-14-6-4-5-12(2)9-14/h4-11,18-19H,3H2,1-2H3/b17-11+. The summed E-state index contributed by atoms with van der Waals surface area (Å²) in [5.74, 6) is 0.791. The molecule has 2 N–H and O–H groups in total.